The van der Waals surface area contributed by atoms with Crippen molar-refractivity contribution in [3.63, 3.8) is 0 Å². The van der Waals surface area contributed by atoms with E-state index >= 15 is 0 Å². The van der Waals surface area contributed by atoms with E-state index in [1.165, 1.54) is 6.42 Å². The zero-order chi connectivity index (χ0) is 18.8. The van der Waals surface area contributed by atoms with Crippen molar-refractivity contribution in [3.05, 3.63) is 48.0 Å². The largest absolute Gasteiger partial charge is 0.356 e. The van der Waals surface area contributed by atoms with Crippen LogP contribution in [0.25, 0.3) is 5.65 Å². The highest BCUT2D eigenvalue weighted by Crippen LogP contribution is 2.23. The van der Waals surface area contributed by atoms with Crippen LogP contribution in [0.15, 0.2) is 36.7 Å². The summed E-state index contributed by atoms with van der Waals surface area (Å²) in [6.07, 6.45) is 7.14. The predicted molar refractivity (Wildman–Crippen MR) is 105 cm³/mol. The summed E-state index contributed by atoms with van der Waals surface area (Å²) in [6, 6.07) is 7.36. The van der Waals surface area contributed by atoms with Crippen LogP contribution in [0.4, 0.5) is 11.5 Å². The third-order valence-electron chi connectivity index (χ3n) is 4.89. The van der Waals surface area contributed by atoms with Gasteiger partial charge in [-0.15, -0.1) is 10.2 Å². The standard InChI is InChI=1S/C20H24N6O/c1-14(2)18-24-23-17-9-8-15(13-26(17)18)22-20(27)16-7-6-10-21-19(16)25-11-4-3-5-12-25/h6-10,13-14H,3-5,11-12H2,1-2H3,(H,22,27). The first kappa shape index (κ1) is 17.5. The smallest absolute Gasteiger partial charge is 0.259 e. The second-order valence-electron chi connectivity index (χ2n) is 7.24. The Bertz CT molecular complexity index is 958. The summed E-state index contributed by atoms with van der Waals surface area (Å²) >= 11 is 0. The highest BCUT2D eigenvalue weighted by atomic mass is 16.1. The molecule has 7 nitrogen and oxygen atoms in total. The normalized spacial score (nSPS) is 14.7. The maximum Gasteiger partial charge on any atom is 0.259 e. The fourth-order valence-electron chi connectivity index (χ4n) is 3.51. The van der Waals surface area contributed by atoms with E-state index in [1.54, 1.807) is 6.20 Å². The van der Waals surface area contributed by atoms with Crippen LogP contribution in [-0.4, -0.2) is 38.6 Å². The maximum absolute atomic E-state index is 13.0. The summed E-state index contributed by atoms with van der Waals surface area (Å²) in [7, 11) is 0. The van der Waals surface area contributed by atoms with Crippen LogP contribution < -0.4 is 10.2 Å². The van der Waals surface area contributed by atoms with E-state index in [9.17, 15) is 4.79 Å². The molecule has 3 aromatic rings. The van der Waals surface area contributed by atoms with Gasteiger partial charge in [-0.1, -0.05) is 13.8 Å². The van der Waals surface area contributed by atoms with Gasteiger partial charge < -0.3 is 10.2 Å². The summed E-state index contributed by atoms with van der Waals surface area (Å²) in [5.41, 5.74) is 2.09. The van der Waals surface area contributed by atoms with Gasteiger partial charge in [0.15, 0.2) is 5.65 Å². The van der Waals surface area contributed by atoms with Crippen molar-refractivity contribution >= 4 is 23.1 Å². The topological polar surface area (TPSA) is 75.4 Å². The number of pyridine rings is 2. The molecule has 1 N–H and O–H groups in total. The van der Waals surface area contributed by atoms with E-state index in [0.29, 0.717) is 11.3 Å². The van der Waals surface area contributed by atoms with Gasteiger partial charge in [0.25, 0.3) is 5.91 Å². The Labute approximate surface area is 158 Å². The minimum Gasteiger partial charge on any atom is -0.356 e. The van der Waals surface area contributed by atoms with Crippen LogP contribution >= 0.6 is 0 Å². The van der Waals surface area contributed by atoms with Crippen molar-refractivity contribution in [3.8, 4) is 0 Å². The number of piperidine rings is 1. The lowest BCUT2D eigenvalue weighted by molar-refractivity contribution is 0.102. The van der Waals surface area contributed by atoms with E-state index in [-0.39, 0.29) is 11.8 Å². The van der Waals surface area contributed by atoms with E-state index in [0.717, 1.165) is 43.2 Å². The molecule has 3 aromatic heterocycles. The molecule has 0 saturated carbocycles. The third kappa shape index (κ3) is 3.49. The molecule has 1 aliphatic rings. The number of anilines is 2. The van der Waals surface area contributed by atoms with Gasteiger partial charge in [0, 0.05) is 31.4 Å². The van der Waals surface area contributed by atoms with E-state index in [4.69, 9.17) is 0 Å². The van der Waals surface area contributed by atoms with Crippen molar-refractivity contribution in [2.75, 3.05) is 23.3 Å². The molecule has 0 aliphatic carbocycles. The molecular formula is C20H24N6O. The molecule has 4 heterocycles. The Morgan fingerprint density at radius 1 is 1.11 bits per heavy atom. The number of nitrogens with zero attached hydrogens (tertiary/aromatic N) is 5. The van der Waals surface area contributed by atoms with Crippen molar-refractivity contribution < 1.29 is 4.79 Å². The first-order valence-corrected chi connectivity index (χ1v) is 9.49. The van der Waals surface area contributed by atoms with Crippen molar-refractivity contribution in [1.29, 1.82) is 0 Å². The summed E-state index contributed by atoms with van der Waals surface area (Å²) in [6.45, 7) is 6.04. The van der Waals surface area contributed by atoms with E-state index < -0.39 is 0 Å². The van der Waals surface area contributed by atoms with Crippen LogP contribution in [0.2, 0.25) is 0 Å². The predicted octanol–water partition coefficient (Wildman–Crippen LogP) is 3.49. The highest BCUT2D eigenvalue weighted by molar-refractivity contribution is 6.07. The first-order chi connectivity index (χ1) is 13.1. The zero-order valence-corrected chi connectivity index (χ0v) is 15.7. The Hall–Kier alpha value is -2.96. The van der Waals surface area contributed by atoms with Crippen molar-refractivity contribution in [2.45, 2.75) is 39.0 Å². The molecular weight excluding hydrogens is 340 g/mol. The minimum absolute atomic E-state index is 0.151. The van der Waals surface area contributed by atoms with Crippen LogP contribution in [0, 0.1) is 0 Å². The number of rotatable bonds is 4. The van der Waals surface area contributed by atoms with E-state index in [2.05, 4.69) is 39.2 Å². The Balaban J connectivity index is 1.61. The van der Waals surface area contributed by atoms with Crippen LogP contribution in [-0.2, 0) is 0 Å². The van der Waals surface area contributed by atoms with Gasteiger partial charge in [0.2, 0.25) is 0 Å². The van der Waals surface area contributed by atoms with Crippen molar-refractivity contribution in [1.82, 2.24) is 19.6 Å². The monoisotopic (exact) mass is 364 g/mol. The average Bonchev–Trinajstić information content (AvgIpc) is 3.12. The van der Waals surface area contributed by atoms with E-state index in [1.807, 2.05) is 34.9 Å². The summed E-state index contributed by atoms with van der Waals surface area (Å²) in [5, 5.41) is 11.4. The van der Waals surface area contributed by atoms with Gasteiger partial charge in [-0.3, -0.25) is 9.20 Å². The molecule has 0 unspecified atom stereocenters. The third-order valence-corrected chi connectivity index (χ3v) is 4.89. The fraction of sp³-hybridized carbons (Fsp3) is 0.400. The Morgan fingerprint density at radius 3 is 2.70 bits per heavy atom. The lowest BCUT2D eigenvalue weighted by atomic mass is 10.1. The fourth-order valence-corrected chi connectivity index (χ4v) is 3.51. The van der Waals surface area contributed by atoms with Gasteiger partial charge in [-0.2, -0.15) is 0 Å². The quantitative estimate of drug-likeness (QED) is 0.767. The number of hydrogen-bond acceptors (Lipinski definition) is 5. The van der Waals surface area contributed by atoms with Crippen molar-refractivity contribution in [2.24, 2.45) is 0 Å². The number of carbonyl (C=O) groups is 1. The molecule has 140 valence electrons. The lowest BCUT2D eigenvalue weighted by Crippen LogP contribution is -2.32. The van der Waals surface area contributed by atoms with Gasteiger partial charge in [-0.05, 0) is 43.5 Å². The van der Waals surface area contributed by atoms with Crippen LogP contribution in [0.5, 0.6) is 0 Å². The van der Waals surface area contributed by atoms with Crippen LogP contribution in [0.3, 0.4) is 0 Å². The summed E-state index contributed by atoms with van der Waals surface area (Å²) in [5.74, 6) is 1.73. The SMILES string of the molecule is CC(C)c1nnc2ccc(NC(=O)c3cccnc3N3CCCCC3)cn12. The second kappa shape index (κ2) is 7.34. The molecule has 1 fully saturated rings. The van der Waals surface area contributed by atoms with Gasteiger partial charge in [-0.25, -0.2) is 4.98 Å². The molecule has 27 heavy (non-hydrogen) atoms. The number of carbonyl (C=O) groups excluding carboxylic acids is 1. The minimum atomic E-state index is -0.151. The maximum atomic E-state index is 13.0. The molecule has 0 aromatic carbocycles. The Morgan fingerprint density at radius 2 is 1.93 bits per heavy atom. The average molecular weight is 364 g/mol. The number of aromatic nitrogens is 4. The van der Waals surface area contributed by atoms with Gasteiger partial charge in [0.1, 0.15) is 11.6 Å². The highest BCUT2D eigenvalue weighted by Gasteiger charge is 2.20. The van der Waals surface area contributed by atoms with Gasteiger partial charge in [0.05, 0.1) is 11.3 Å². The van der Waals surface area contributed by atoms with Crippen LogP contribution in [0.1, 0.15) is 55.2 Å². The molecule has 1 aliphatic heterocycles. The number of amides is 1. The molecule has 0 atom stereocenters. The second-order valence-corrected chi connectivity index (χ2v) is 7.24. The van der Waals surface area contributed by atoms with Gasteiger partial charge >= 0.3 is 0 Å². The molecule has 0 bridgehead atoms. The number of fused-ring (bicyclic) bond motifs is 1. The summed E-state index contributed by atoms with van der Waals surface area (Å²) in [4.78, 5) is 19.6. The summed E-state index contributed by atoms with van der Waals surface area (Å²) < 4.78 is 1.93. The Kier molecular flexibility index (Phi) is 4.75. The molecule has 1 saturated heterocycles. The molecule has 0 radical (unpaired) electrons. The molecule has 0 spiro atoms. The molecule has 7 heteroatoms. The zero-order valence-electron chi connectivity index (χ0n) is 15.7. The number of hydrogen-bond donors (Lipinski definition) is 1. The molecule has 1 amide bonds. The lowest BCUT2D eigenvalue weighted by Gasteiger charge is -2.29. The molecule has 4 rings (SSSR count). The number of nitrogens with one attached hydrogen (secondary N) is 1. The first-order valence-electron chi connectivity index (χ1n) is 9.49.